The van der Waals surface area contributed by atoms with Gasteiger partial charge in [0.15, 0.2) is 0 Å². The molecule has 0 N–H and O–H groups in total. The van der Waals surface area contributed by atoms with Crippen LogP contribution in [0.15, 0.2) is 0 Å². The van der Waals surface area contributed by atoms with Gasteiger partial charge in [-0.15, -0.1) is 0 Å². The summed E-state index contributed by atoms with van der Waals surface area (Å²) in [7, 11) is 3.91. The Morgan fingerprint density at radius 1 is 1.57 bits per heavy atom. The van der Waals surface area contributed by atoms with Crippen molar-refractivity contribution in [2.75, 3.05) is 27.4 Å². The van der Waals surface area contributed by atoms with E-state index in [9.17, 15) is 0 Å². The van der Waals surface area contributed by atoms with E-state index in [1.807, 2.05) is 19.0 Å². The first-order valence-corrected chi connectivity index (χ1v) is 2.29. The molecule has 0 aliphatic rings. The van der Waals surface area contributed by atoms with E-state index in [4.69, 9.17) is 4.74 Å². The summed E-state index contributed by atoms with van der Waals surface area (Å²) in [5.41, 5.74) is 0. The van der Waals surface area contributed by atoms with E-state index in [0.717, 1.165) is 0 Å². The van der Waals surface area contributed by atoms with Crippen LogP contribution >= 0.6 is 0 Å². The smallest absolute Gasteiger partial charge is 0.0985 e. The van der Waals surface area contributed by atoms with Crippen molar-refractivity contribution in [2.24, 2.45) is 0 Å². The molecule has 0 amide bonds. The van der Waals surface area contributed by atoms with Crippen LogP contribution in [-0.2, 0) is 4.74 Å². The molecule has 43 valence electrons. The third-order valence-corrected chi connectivity index (χ3v) is 0.494. The normalized spacial score (nSPS) is 10.3. The van der Waals surface area contributed by atoms with Gasteiger partial charge in [-0.05, 0) is 21.0 Å². The van der Waals surface area contributed by atoms with Crippen LogP contribution in [0.2, 0.25) is 0 Å². The lowest BCUT2D eigenvalue weighted by atomic mass is 10.8. The maximum absolute atomic E-state index is 4.91. The minimum Gasteiger partial charge on any atom is -0.366 e. The fourth-order valence-corrected chi connectivity index (χ4v) is 0.247. The molecule has 0 spiro atoms. The Labute approximate surface area is 45.1 Å². The minimum atomic E-state index is 0.554. The Hall–Kier alpha value is -0.0800. The number of ether oxygens (including phenoxy) is 1. The lowest BCUT2D eigenvalue weighted by Crippen LogP contribution is -2.15. The molecular formula is C5H12NO. The van der Waals surface area contributed by atoms with Crippen molar-refractivity contribution >= 4 is 0 Å². The topological polar surface area (TPSA) is 12.5 Å². The Morgan fingerprint density at radius 2 is 2.14 bits per heavy atom. The lowest BCUT2D eigenvalue weighted by molar-refractivity contribution is 0.0740. The highest BCUT2D eigenvalue weighted by atomic mass is 16.5. The van der Waals surface area contributed by atoms with Crippen molar-refractivity contribution in [1.82, 2.24) is 4.90 Å². The monoisotopic (exact) mass is 102 g/mol. The first-order chi connectivity index (χ1) is 3.27. The van der Waals surface area contributed by atoms with Crippen LogP contribution in [0.4, 0.5) is 0 Å². The highest BCUT2D eigenvalue weighted by Crippen LogP contribution is 1.74. The van der Waals surface area contributed by atoms with Gasteiger partial charge < -0.3 is 4.74 Å². The third-order valence-electron chi connectivity index (χ3n) is 0.494. The number of hydrogen-bond donors (Lipinski definition) is 0. The molecule has 0 bridgehead atoms. The zero-order chi connectivity index (χ0) is 5.70. The first-order valence-electron chi connectivity index (χ1n) is 2.29. The van der Waals surface area contributed by atoms with Crippen LogP contribution in [0, 0.1) is 6.92 Å². The number of nitrogens with zero attached hydrogens (tertiary/aromatic N) is 1. The van der Waals surface area contributed by atoms with Gasteiger partial charge >= 0.3 is 0 Å². The summed E-state index contributed by atoms with van der Waals surface area (Å²) in [6.45, 7) is 4.73. The molecule has 0 saturated heterocycles. The molecule has 0 aromatic heterocycles. The van der Waals surface area contributed by atoms with E-state index in [1.54, 1.807) is 0 Å². The maximum Gasteiger partial charge on any atom is 0.0985 e. The zero-order valence-electron chi connectivity index (χ0n) is 4.98. The van der Waals surface area contributed by atoms with Crippen LogP contribution in [0.1, 0.15) is 0 Å². The predicted octanol–water partition coefficient (Wildman–Crippen LogP) is 0.356. The van der Waals surface area contributed by atoms with Crippen molar-refractivity contribution < 1.29 is 4.74 Å². The molecule has 7 heavy (non-hydrogen) atoms. The van der Waals surface area contributed by atoms with Gasteiger partial charge in [-0.2, -0.15) is 0 Å². The molecular weight excluding hydrogens is 90.1 g/mol. The van der Waals surface area contributed by atoms with E-state index < -0.39 is 0 Å². The average molecular weight is 102 g/mol. The third kappa shape index (κ3) is 5.92. The Balaban J connectivity index is 2.68. The SMILES string of the molecule is [CH2]COCN(C)C. The van der Waals surface area contributed by atoms with Crippen molar-refractivity contribution in [1.29, 1.82) is 0 Å². The second kappa shape index (κ2) is 4.09. The summed E-state index contributed by atoms with van der Waals surface area (Å²) >= 11 is 0. The van der Waals surface area contributed by atoms with Gasteiger partial charge in [0.1, 0.15) is 0 Å². The Kier molecular flexibility index (Phi) is 4.04. The maximum atomic E-state index is 4.91. The molecule has 0 aliphatic heterocycles. The summed E-state index contributed by atoms with van der Waals surface area (Å²) < 4.78 is 4.91. The quantitative estimate of drug-likeness (QED) is 0.477. The van der Waals surface area contributed by atoms with Crippen molar-refractivity contribution in [2.45, 2.75) is 0 Å². The highest BCUT2D eigenvalue weighted by molar-refractivity contribution is 4.29. The van der Waals surface area contributed by atoms with Crippen LogP contribution in [-0.4, -0.2) is 32.3 Å². The van der Waals surface area contributed by atoms with Gasteiger partial charge in [-0.3, -0.25) is 4.90 Å². The van der Waals surface area contributed by atoms with Crippen LogP contribution in [0.3, 0.4) is 0 Å². The van der Waals surface area contributed by atoms with E-state index in [2.05, 4.69) is 6.92 Å². The fraction of sp³-hybridized carbons (Fsp3) is 0.800. The molecule has 0 aromatic rings. The van der Waals surface area contributed by atoms with Gasteiger partial charge in [0.05, 0.1) is 6.73 Å². The Bertz CT molecular complexity index is 37.1. The summed E-state index contributed by atoms with van der Waals surface area (Å²) in [5, 5.41) is 0. The zero-order valence-corrected chi connectivity index (χ0v) is 4.98. The second-order valence-corrected chi connectivity index (χ2v) is 1.62. The van der Waals surface area contributed by atoms with E-state index >= 15 is 0 Å². The summed E-state index contributed by atoms with van der Waals surface area (Å²) in [5.74, 6) is 0. The van der Waals surface area contributed by atoms with E-state index in [0.29, 0.717) is 13.3 Å². The number of rotatable bonds is 3. The Morgan fingerprint density at radius 3 is 2.29 bits per heavy atom. The second-order valence-electron chi connectivity index (χ2n) is 1.62. The average Bonchev–Trinajstić information content (AvgIpc) is 1.61. The lowest BCUT2D eigenvalue weighted by Gasteiger charge is -2.06. The van der Waals surface area contributed by atoms with Crippen molar-refractivity contribution in [3.8, 4) is 0 Å². The van der Waals surface area contributed by atoms with Crippen molar-refractivity contribution in [3.63, 3.8) is 0 Å². The molecule has 0 aromatic carbocycles. The van der Waals surface area contributed by atoms with Crippen molar-refractivity contribution in [3.05, 3.63) is 6.92 Å². The molecule has 0 saturated carbocycles. The summed E-state index contributed by atoms with van der Waals surface area (Å²) in [6, 6.07) is 0. The largest absolute Gasteiger partial charge is 0.366 e. The standard InChI is InChI=1S/C5H12NO/c1-4-7-5-6(2)3/h1,4-5H2,2-3H3. The predicted molar refractivity (Wildman–Crippen MR) is 29.9 cm³/mol. The molecule has 0 unspecified atom stereocenters. The summed E-state index contributed by atoms with van der Waals surface area (Å²) in [4.78, 5) is 1.95. The van der Waals surface area contributed by atoms with Crippen LogP contribution in [0.5, 0.6) is 0 Å². The molecule has 0 fully saturated rings. The van der Waals surface area contributed by atoms with E-state index in [1.165, 1.54) is 0 Å². The van der Waals surface area contributed by atoms with Crippen LogP contribution in [0.25, 0.3) is 0 Å². The number of hydrogen-bond acceptors (Lipinski definition) is 2. The molecule has 0 rings (SSSR count). The van der Waals surface area contributed by atoms with E-state index in [-0.39, 0.29) is 0 Å². The van der Waals surface area contributed by atoms with Gasteiger partial charge in [0, 0.05) is 6.61 Å². The fourth-order valence-electron chi connectivity index (χ4n) is 0.247. The molecule has 1 radical (unpaired) electrons. The highest BCUT2D eigenvalue weighted by Gasteiger charge is 1.82. The molecule has 2 heteroatoms. The molecule has 2 nitrogen and oxygen atoms in total. The molecule has 0 aliphatic carbocycles. The minimum absolute atomic E-state index is 0.554. The van der Waals surface area contributed by atoms with Gasteiger partial charge in [-0.25, -0.2) is 0 Å². The van der Waals surface area contributed by atoms with Gasteiger partial charge in [0.2, 0.25) is 0 Å². The molecule has 0 atom stereocenters. The summed E-state index contributed by atoms with van der Waals surface area (Å²) in [6.07, 6.45) is 0. The van der Waals surface area contributed by atoms with Crippen LogP contribution < -0.4 is 0 Å². The molecule has 0 heterocycles. The van der Waals surface area contributed by atoms with Gasteiger partial charge in [0.25, 0.3) is 0 Å². The first kappa shape index (κ1) is 6.92. The van der Waals surface area contributed by atoms with Gasteiger partial charge in [-0.1, -0.05) is 0 Å².